The number of anilines is 2. The van der Waals surface area contributed by atoms with E-state index in [0.29, 0.717) is 38.5 Å². The number of rotatable bonds is 6. The summed E-state index contributed by atoms with van der Waals surface area (Å²) >= 11 is 0. The summed E-state index contributed by atoms with van der Waals surface area (Å²) in [6.07, 6.45) is 0. The third kappa shape index (κ3) is 4.18. The quantitative estimate of drug-likeness (QED) is 0.575. The van der Waals surface area contributed by atoms with Crippen molar-refractivity contribution in [2.45, 2.75) is 11.8 Å². The number of nitrogens with two attached hydrogens (primary N) is 1. The van der Waals surface area contributed by atoms with Crippen LogP contribution in [0.2, 0.25) is 0 Å². The van der Waals surface area contributed by atoms with Crippen LogP contribution in [0.25, 0.3) is 0 Å². The minimum Gasteiger partial charge on any atom is -0.492 e. The Morgan fingerprint density at radius 2 is 1.68 bits per heavy atom. The highest BCUT2D eigenvalue weighted by Crippen LogP contribution is 2.33. The third-order valence-corrected chi connectivity index (χ3v) is 5.51. The lowest BCUT2D eigenvalue weighted by atomic mass is 10.2. The Kier molecular flexibility index (Phi) is 5.71. The first kappa shape index (κ1) is 19.9. The summed E-state index contributed by atoms with van der Waals surface area (Å²) in [5.41, 5.74) is 1.10. The molecule has 1 saturated heterocycles. The summed E-state index contributed by atoms with van der Waals surface area (Å²) in [6.45, 7) is 4.90. The zero-order valence-electron chi connectivity index (χ0n) is 15.4. The molecule has 0 aliphatic carbocycles. The lowest BCUT2D eigenvalue weighted by Gasteiger charge is -2.37. The van der Waals surface area contributed by atoms with Crippen LogP contribution in [0, 0.1) is 10.1 Å². The molecule has 9 nitrogen and oxygen atoms in total. The lowest BCUT2D eigenvalue weighted by Crippen LogP contribution is -2.46. The molecule has 0 saturated carbocycles. The minimum atomic E-state index is -4.01. The molecule has 0 amide bonds. The van der Waals surface area contributed by atoms with Gasteiger partial charge in [-0.25, -0.2) is 13.6 Å². The number of para-hydroxylation sites is 2. The maximum atomic E-state index is 11.5. The topological polar surface area (TPSA) is 119 Å². The van der Waals surface area contributed by atoms with E-state index in [0.717, 1.165) is 17.5 Å². The van der Waals surface area contributed by atoms with Crippen molar-refractivity contribution >= 4 is 27.1 Å². The van der Waals surface area contributed by atoms with E-state index in [2.05, 4.69) is 4.90 Å². The first-order chi connectivity index (χ1) is 13.3. The van der Waals surface area contributed by atoms with Crippen molar-refractivity contribution in [3.63, 3.8) is 0 Å². The first-order valence-electron chi connectivity index (χ1n) is 8.84. The number of primary sulfonamides is 1. The normalized spacial score (nSPS) is 14.8. The second kappa shape index (κ2) is 8.03. The molecule has 10 heteroatoms. The number of benzene rings is 2. The highest BCUT2D eigenvalue weighted by atomic mass is 32.2. The molecule has 1 aliphatic heterocycles. The van der Waals surface area contributed by atoms with Crippen LogP contribution in [0.4, 0.5) is 17.1 Å². The number of hydrogen-bond donors (Lipinski definition) is 1. The summed E-state index contributed by atoms with van der Waals surface area (Å²) in [5, 5.41) is 16.6. The highest BCUT2D eigenvalue weighted by molar-refractivity contribution is 7.89. The Balaban J connectivity index is 1.81. The molecular weight excluding hydrogens is 384 g/mol. The molecule has 1 aliphatic rings. The summed E-state index contributed by atoms with van der Waals surface area (Å²) in [6, 6.07) is 11.5. The number of nitrogens with zero attached hydrogens (tertiary/aromatic N) is 3. The van der Waals surface area contributed by atoms with E-state index in [1.165, 1.54) is 12.1 Å². The van der Waals surface area contributed by atoms with Gasteiger partial charge in [-0.2, -0.15) is 0 Å². The van der Waals surface area contributed by atoms with E-state index in [1.54, 1.807) is 0 Å². The predicted octanol–water partition coefficient (Wildman–Crippen LogP) is 1.97. The molecule has 2 aromatic carbocycles. The van der Waals surface area contributed by atoms with Crippen LogP contribution in [0.5, 0.6) is 5.75 Å². The van der Waals surface area contributed by atoms with Crippen LogP contribution < -0.4 is 19.7 Å². The van der Waals surface area contributed by atoms with Crippen molar-refractivity contribution in [3.8, 4) is 5.75 Å². The summed E-state index contributed by atoms with van der Waals surface area (Å²) in [7, 11) is -4.01. The fourth-order valence-corrected chi connectivity index (χ4v) is 3.81. The van der Waals surface area contributed by atoms with Crippen LogP contribution in [0.15, 0.2) is 47.4 Å². The Morgan fingerprint density at radius 1 is 1.07 bits per heavy atom. The highest BCUT2D eigenvalue weighted by Gasteiger charge is 2.26. The number of ether oxygens (including phenoxy) is 1. The number of sulfonamides is 1. The van der Waals surface area contributed by atoms with Crippen LogP contribution in [0.1, 0.15) is 6.92 Å². The van der Waals surface area contributed by atoms with Crippen molar-refractivity contribution in [2.24, 2.45) is 5.14 Å². The van der Waals surface area contributed by atoms with E-state index in [1.807, 2.05) is 36.1 Å². The van der Waals surface area contributed by atoms with Crippen molar-refractivity contribution in [1.29, 1.82) is 0 Å². The molecule has 28 heavy (non-hydrogen) atoms. The molecule has 1 fully saturated rings. The minimum absolute atomic E-state index is 0.269. The zero-order chi connectivity index (χ0) is 20.3. The number of hydrogen-bond acceptors (Lipinski definition) is 7. The van der Waals surface area contributed by atoms with Crippen molar-refractivity contribution in [1.82, 2.24) is 0 Å². The molecule has 0 atom stereocenters. The van der Waals surface area contributed by atoms with E-state index in [9.17, 15) is 18.5 Å². The summed E-state index contributed by atoms with van der Waals surface area (Å²) < 4.78 is 28.7. The second-order valence-electron chi connectivity index (χ2n) is 6.33. The number of piperazine rings is 1. The molecule has 0 bridgehead atoms. The maximum absolute atomic E-state index is 11.5. The molecule has 2 aromatic rings. The van der Waals surface area contributed by atoms with Gasteiger partial charge < -0.3 is 14.5 Å². The molecule has 0 aromatic heterocycles. The average Bonchev–Trinajstić information content (AvgIpc) is 2.68. The SMILES string of the molecule is CCOc1ccccc1N1CCN(c2ccc(S(N)(=O)=O)cc2[N+](=O)[O-])CC1. The van der Waals surface area contributed by atoms with Gasteiger partial charge in [-0.15, -0.1) is 0 Å². The monoisotopic (exact) mass is 406 g/mol. The number of nitro groups is 1. The van der Waals surface area contributed by atoms with Gasteiger partial charge in [-0.3, -0.25) is 10.1 Å². The van der Waals surface area contributed by atoms with Gasteiger partial charge in [0.1, 0.15) is 11.4 Å². The Hall–Kier alpha value is -2.85. The Labute approximate surface area is 163 Å². The summed E-state index contributed by atoms with van der Waals surface area (Å²) in [5.74, 6) is 0.807. The maximum Gasteiger partial charge on any atom is 0.293 e. The van der Waals surface area contributed by atoms with E-state index >= 15 is 0 Å². The van der Waals surface area contributed by atoms with Gasteiger partial charge in [0, 0.05) is 32.2 Å². The third-order valence-electron chi connectivity index (χ3n) is 4.60. The van der Waals surface area contributed by atoms with Gasteiger partial charge in [0.2, 0.25) is 10.0 Å². The van der Waals surface area contributed by atoms with E-state index in [4.69, 9.17) is 9.88 Å². The smallest absolute Gasteiger partial charge is 0.293 e. The van der Waals surface area contributed by atoms with Crippen molar-refractivity contribution in [3.05, 3.63) is 52.6 Å². The van der Waals surface area contributed by atoms with Crippen molar-refractivity contribution < 1.29 is 18.1 Å². The molecule has 3 rings (SSSR count). The van der Waals surface area contributed by atoms with Crippen LogP contribution in [-0.2, 0) is 10.0 Å². The zero-order valence-corrected chi connectivity index (χ0v) is 16.3. The molecule has 0 spiro atoms. The first-order valence-corrected chi connectivity index (χ1v) is 10.4. The van der Waals surface area contributed by atoms with Gasteiger partial charge in [-0.05, 0) is 31.2 Å². The fourth-order valence-electron chi connectivity index (χ4n) is 3.28. The van der Waals surface area contributed by atoms with Gasteiger partial charge in [-0.1, -0.05) is 12.1 Å². The molecule has 150 valence electrons. The average molecular weight is 406 g/mol. The molecular formula is C18H22N4O5S. The standard InChI is InChI=1S/C18H22N4O5S/c1-2-27-18-6-4-3-5-16(18)21-11-9-20(10-12-21)15-8-7-14(28(19,25)26)13-17(15)22(23)24/h3-8,13H,2,9-12H2,1H3,(H2,19,25,26). The van der Waals surface area contributed by atoms with Gasteiger partial charge in [0.25, 0.3) is 5.69 Å². The molecule has 2 N–H and O–H groups in total. The predicted molar refractivity (Wildman–Crippen MR) is 107 cm³/mol. The van der Waals surface area contributed by atoms with Crippen LogP contribution >= 0.6 is 0 Å². The Bertz CT molecular complexity index is 972. The number of nitro benzene ring substituents is 1. The van der Waals surface area contributed by atoms with Crippen LogP contribution in [-0.4, -0.2) is 46.1 Å². The molecule has 0 unspecified atom stereocenters. The molecule has 0 radical (unpaired) electrons. The molecule has 1 heterocycles. The largest absolute Gasteiger partial charge is 0.492 e. The second-order valence-corrected chi connectivity index (χ2v) is 7.89. The van der Waals surface area contributed by atoms with Crippen molar-refractivity contribution in [2.75, 3.05) is 42.6 Å². The summed E-state index contributed by atoms with van der Waals surface area (Å²) in [4.78, 5) is 14.7. The Morgan fingerprint density at radius 3 is 2.25 bits per heavy atom. The van der Waals surface area contributed by atoms with Gasteiger partial charge >= 0.3 is 0 Å². The van der Waals surface area contributed by atoms with Gasteiger partial charge in [0.05, 0.1) is 22.1 Å². The van der Waals surface area contributed by atoms with Gasteiger partial charge in [0.15, 0.2) is 0 Å². The fraction of sp³-hybridized carbons (Fsp3) is 0.333. The lowest BCUT2D eigenvalue weighted by molar-refractivity contribution is -0.384. The van der Waals surface area contributed by atoms with E-state index < -0.39 is 14.9 Å². The van der Waals surface area contributed by atoms with E-state index in [-0.39, 0.29) is 10.6 Å². The van der Waals surface area contributed by atoms with Crippen LogP contribution in [0.3, 0.4) is 0 Å².